The van der Waals surface area contributed by atoms with Crippen LogP contribution >= 0.6 is 0 Å². The molecule has 0 amide bonds. The third kappa shape index (κ3) is 2.67. The molecule has 0 saturated carbocycles. The van der Waals surface area contributed by atoms with E-state index in [1.54, 1.807) is 0 Å². The van der Waals surface area contributed by atoms with Gasteiger partial charge in [-0.2, -0.15) is 5.10 Å². The molecule has 4 nitrogen and oxygen atoms in total. The average Bonchev–Trinajstić information content (AvgIpc) is 2.66. The Kier molecular flexibility index (Phi) is 3.69. The van der Waals surface area contributed by atoms with Gasteiger partial charge in [-0.25, -0.2) is 4.68 Å². The molecule has 0 spiro atoms. The number of carbonyl (C=O) groups excluding carboxylic acids is 1. The van der Waals surface area contributed by atoms with E-state index in [1.807, 2.05) is 43.7 Å². The van der Waals surface area contributed by atoms with Crippen molar-refractivity contribution in [2.24, 2.45) is 0 Å². The van der Waals surface area contributed by atoms with Gasteiger partial charge in [0.15, 0.2) is 0 Å². The fourth-order valence-corrected chi connectivity index (χ4v) is 2.16. The SMILES string of the molecule is COC(=O)Cc1c(C)nn(-c2cccc(C)c2)c1C. The van der Waals surface area contributed by atoms with Gasteiger partial charge < -0.3 is 4.74 Å². The summed E-state index contributed by atoms with van der Waals surface area (Å²) < 4.78 is 6.60. The maximum Gasteiger partial charge on any atom is 0.310 e. The minimum atomic E-state index is -0.241. The molecule has 0 saturated heterocycles. The monoisotopic (exact) mass is 258 g/mol. The minimum absolute atomic E-state index is 0.241. The highest BCUT2D eigenvalue weighted by Crippen LogP contribution is 2.19. The summed E-state index contributed by atoms with van der Waals surface area (Å²) in [6.07, 6.45) is 0.264. The lowest BCUT2D eigenvalue weighted by molar-refractivity contribution is -0.139. The second-order valence-electron chi connectivity index (χ2n) is 4.65. The Hall–Kier alpha value is -2.10. The highest BCUT2D eigenvalue weighted by molar-refractivity contribution is 5.73. The Balaban J connectivity index is 2.44. The van der Waals surface area contributed by atoms with Gasteiger partial charge in [-0.15, -0.1) is 0 Å². The number of hydrogen-bond donors (Lipinski definition) is 0. The molecule has 0 unspecified atom stereocenters. The standard InChI is InChI=1S/C15H18N2O2/c1-10-6-5-7-13(8-10)17-12(3)14(11(2)16-17)9-15(18)19-4/h5-8H,9H2,1-4H3. The van der Waals surface area contributed by atoms with Crippen LogP contribution in [-0.2, 0) is 16.0 Å². The fourth-order valence-electron chi connectivity index (χ4n) is 2.16. The summed E-state index contributed by atoms with van der Waals surface area (Å²) in [6, 6.07) is 8.13. The van der Waals surface area contributed by atoms with Crippen molar-refractivity contribution in [3.05, 3.63) is 46.8 Å². The molecule has 0 radical (unpaired) electrons. The van der Waals surface area contributed by atoms with Gasteiger partial charge in [0.05, 0.1) is 24.9 Å². The Morgan fingerprint density at radius 3 is 2.68 bits per heavy atom. The number of aromatic nitrogens is 2. The van der Waals surface area contributed by atoms with Crippen molar-refractivity contribution in [1.29, 1.82) is 0 Å². The lowest BCUT2D eigenvalue weighted by atomic mass is 10.1. The number of benzene rings is 1. The second kappa shape index (κ2) is 5.26. The predicted octanol–water partition coefficient (Wildman–Crippen LogP) is 2.51. The molecule has 0 atom stereocenters. The zero-order valence-corrected chi connectivity index (χ0v) is 11.7. The molecule has 0 aliphatic heterocycles. The van der Waals surface area contributed by atoms with Crippen molar-refractivity contribution in [2.45, 2.75) is 27.2 Å². The molecule has 100 valence electrons. The van der Waals surface area contributed by atoms with Gasteiger partial charge in [-0.1, -0.05) is 12.1 Å². The van der Waals surface area contributed by atoms with Crippen LogP contribution in [-0.4, -0.2) is 22.9 Å². The topological polar surface area (TPSA) is 44.1 Å². The number of rotatable bonds is 3. The molecule has 0 N–H and O–H groups in total. The van der Waals surface area contributed by atoms with Crippen LogP contribution in [0.1, 0.15) is 22.5 Å². The van der Waals surface area contributed by atoms with E-state index in [4.69, 9.17) is 4.74 Å². The quantitative estimate of drug-likeness (QED) is 0.795. The summed E-state index contributed by atoms with van der Waals surface area (Å²) >= 11 is 0. The van der Waals surface area contributed by atoms with E-state index in [1.165, 1.54) is 12.7 Å². The van der Waals surface area contributed by atoms with Crippen molar-refractivity contribution in [3.8, 4) is 5.69 Å². The highest BCUT2D eigenvalue weighted by Gasteiger charge is 2.16. The Morgan fingerprint density at radius 1 is 1.32 bits per heavy atom. The van der Waals surface area contributed by atoms with E-state index in [0.717, 1.165) is 22.6 Å². The second-order valence-corrected chi connectivity index (χ2v) is 4.65. The van der Waals surface area contributed by atoms with Crippen molar-refractivity contribution >= 4 is 5.97 Å². The van der Waals surface area contributed by atoms with Crippen LogP contribution in [0.4, 0.5) is 0 Å². The normalized spacial score (nSPS) is 10.5. The fraction of sp³-hybridized carbons (Fsp3) is 0.333. The van der Waals surface area contributed by atoms with Crippen LogP contribution in [0.2, 0.25) is 0 Å². The largest absolute Gasteiger partial charge is 0.469 e. The van der Waals surface area contributed by atoms with Crippen molar-refractivity contribution in [2.75, 3.05) is 7.11 Å². The van der Waals surface area contributed by atoms with Crippen molar-refractivity contribution < 1.29 is 9.53 Å². The highest BCUT2D eigenvalue weighted by atomic mass is 16.5. The third-order valence-electron chi connectivity index (χ3n) is 3.24. The Morgan fingerprint density at radius 2 is 2.05 bits per heavy atom. The van der Waals surface area contributed by atoms with Gasteiger partial charge >= 0.3 is 5.97 Å². The van der Waals surface area contributed by atoms with E-state index >= 15 is 0 Å². The first kappa shape index (κ1) is 13.3. The van der Waals surface area contributed by atoms with Gasteiger partial charge in [0.25, 0.3) is 0 Å². The van der Waals surface area contributed by atoms with Gasteiger partial charge in [-0.3, -0.25) is 4.79 Å². The van der Waals surface area contributed by atoms with E-state index < -0.39 is 0 Å². The van der Waals surface area contributed by atoms with Crippen LogP contribution in [0.3, 0.4) is 0 Å². The molecule has 2 aromatic rings. The molecule has 1 aromatic carbocycles. The van der Waals surface area contributed by atoms with E-state index in [2.05, 4.69) is 11.2 Å². The molecule has 0 aliphatic carbocycles. The van der Waals surface area contributed by atoms with E-state index in [-0.39, 0.29) is 12.4 Å². The minimum Gasteiger partial charge on any atom is -0.469 e. The van der Waals surface area contributed by atoms with E-state index in [9.17, 15) is 4.79 Å². The number of esters is 1. The Bertz CT molecular complexity index is 615. The predicted molar refractivity (Wildman–Crippen MR) is 73.5 cm³/mol. The molecular weight excluding hydrogens is 240 g/mol. The molecule has 0 bridgehead atoms. The van der Waals surface area contributed by atoms with Gasteiger partial charge in [0.2, 0.25) is 0 Å². The number of nitrogens with zero attached hydrogens (tertiary/aromatic N) is 2. The molecule has 2 rings (SSSR count). The Labute approximate surface area is 113 Å². The number of aryl methyl sites for hydroxylation is 2. The van der Waals surface area contributed by atoms with Crippen LogP contribution in [0, 0.1) is 20.8 Å². The average molecular weight is 258 g/mol. The summed E-state index contributed by atoms with van der Waals surface area (Å²) in [5.74, 6) is -0.241. The molecule has 19 heavy (non-hydrogen) atoms. The molecule has 1 aromatic heterocycles. The lowest BCUT2D eigenvalue weighted by Gasteiger charge is -2.06. The summed E-state index contributed by atoms with van der Waals surface area (Å²) in [6.45, 7) is 5.93. The zero-order chi connectivity index (χ0) is 14.0. The van der Waals surface area contributed by atoms with Crippen LogP contribution in [0.25, 0.3) is 5.69 Å². The summed E-state index contributed by atoms with van der Waals surface area (Å²) in [7, 11) is 1.40. The van der Waals surface area contributed by atoms with Gasteiger partial charge in [-0.05, 0) is 38.5 Å². The van der Waals surface area contributed by atoms with Crippen molar-refractivity contribution in [1.82, 2.24) is 9.78 Å². The summed E-state index contributed by atoms with van der Waals surface area (Å²) in [5, 5.41) is 4.52. The number of carbonyl (C=O) groups is 1. The zero-order valence-electron chi connectivity index (χ0n) is 11.7. The number of methoxy groups -OCH3 is 1. The van der Waals surface area contributed by atoms with Gasteiger partial charge in [0, 0.05) is 11.3 Å². The molecule has 1 heterocycles. The van der Waals surface area contributed by atoms with Crippen LogP contribution in [0.15, 0.2) is 24.3 Å². The lowest BCUT2D eigenvalue weighted by Crippen LogP contribution is -2.06. The van der Waals surface area contributed by atoms with Crippen LogP contribution in [0.5, 0.6) is 0 Å². The maximum absolute atomic E-state index is 11.4. The van der Waals surface area contributed by atoms with Gasteiger partial charge in [0.1, 0.15) is 0 Å². The summed E-state index contributed by atoms with van der Waals surface area (Å²) in [5.41, 5.74) is 4.97. The first-order valence-corrected chi connectivity index (χ1v) is 6.22. The maximum atomic E-state index is 11.4. The molecule has 0 aliphatic rings. The van der Waals surface area contributed by atoms with E-state index in [0.29, 0.717) is 0 Å². The molecule has 0 fully saturated rings. The molecule has 4 heteroatoms. The first-order chi connectivity index (χ1) is 9.02. The summed E-state index contributed by atoms with van der Waals surface area (Å²) in [4.78, 5) is 11.4. The number of hydrogen-bond acceptors (Lipinski definition) is 3. The van der Waals surface area contributed by atoms with Crippen molar-refractivity contribution in [3.63, 3.8) is 0 Å². The first-order valence-electron chi connectivity index (χ1n) is 6.22. The smallest absolute Gasteiger partial charge is 0.310 e. The number of ether oxygens (including phenoxy) is 1. The molecular formula is C15H18N2O2. The van der Waals surface area contributed by atoms with Crippen LogP contribution < -0.4 is 0 Å². The third-order valence-corrected chi connectivity index (χ3v) is 3.24.